The molecule has 0 aromatic heterocycles. The Morgan fingerprint density at radius 2 is 1.94 bits per heavy atom. The Morgan fingerprint density at radius 3 is 2.39 bits per heavy atom. The van der Waals surface area contributed by atoms with Crippen LogP contribution in [-0.2, 0) is 9.53 Å². The molecular formula is C14H28N2O2. The Hall–Kier alpha value is -0.610. The molecule has 0 bridgehead atoms. The molecule has 1 heterocycles. The second-order valence-corrected chi connectivity index (χ2v) is 5.30. The molecular weight excluding hydrogens is 228 g/mol. The lowest BCUT2D eigenvalue weighted by atomic mass is 9.80. The van der Waals surface area contributed by atoms with Crippen molar-refractivity contribution in [3.8, 4) is 0 Å². The Bertz CT molecular complexity index is 265. The standard InChI is InChI=1S/C14H28N2O2/c1-4-14(3,16-9-7-6-8-10-16)12(11-15)13(17)18-5-2/h12H,4-11,15H2,1-3H3/t12-,14+/m0/s1. The molecule has 1 rings (SSSR count). The van der Waals surface area contributed by atoms with Gasteiger partial charge in [0.2, 0.25) is 0 Å². The van der Waals surface area contributed by atoms with Crippen molar-refractivity contribution < 1.29 is 9.53 Å². The van der Waals surface area contributed by atoms with Gasteiger partial charge in [-0.25, -0.2) is 0 Å². The second kappa shape index (κ2) is 7.10. The van der Waals surface area contributed by atoms with E-state index in [2.05, 4.69) is 18.7 Å². The molecule has 0 aromatic carbocycles. The number of rotatable bonds is 6. The fourth-order valence-electron chi connectivity index (χ4n) is 2.94. The molecule has 0 amide bonds. The first-order valence-electron chi connectivity index (χ1n) is 7.21. The number of carbonyl (C=O) groups is 1. The molecule has 4 heteroatoms. The largest absolute Gasteiger partial charge is 0.466 e. The highest BCUT2D eigenvalue weighted by molar-refractivity contribution is 5.74. The molecule has 1 aliphatic heterocycles. The first kappa shape index (κ1) is 15.4. The number of esters is 1. The van der Waals surface area contributed by atoms with Crippen LogP contribution in [0.15, 0.2) is 0 Å². The Morgan fingerprint density at radius 1 is 1.33 bits per heavy atom. The van der Waals surface area contributed by atoms with Crippen LogP contribution in [0.1, 0.15) is 46.5 Å². The average molecular weight is 256 g/mol. The van der Waals surface area contributed by atoms with Crippen LogP contribution in [0, 0.1) is 5.92 Å². The molecule has 0 radical (unpaired) electrons. The number of hydrogen-bond donors (Lipinski definition) is 1. The maximum Gasteiger partial charge on any atom is 0.312 e. The normalized spacial score (nSPS) is 22.2. The van der Waals surface area contributed by atoms with Crippen molar-refractivity contribution in [3.05, 3.63) is 0 Å². The van der Waals surface area contributed by atoms with Crippen molar-refractivity contribution in [3.63, 3.8) is 0 Å². The molecule has 0 aliphatic carbocycles. The summed E-state index contributed by atoms with van der Waals surface area (Å²) in [4.78, 5) is 14.5. The van der Waals surface area contributed by atoms with E-state index in [1.807, 2.05) is 6.92 Å². The van der Waals surface area contributed by atoms with Crippen LogP contribution in [-0.4, -0.2) is 42.6 Å². The number of nitrogens with two attached hydrogens (primary N) is 1. The van der Waals surface area contributed by atoms with E-state index in [1.165, 1.54) is 19.3 Å². The lowest BCUT2D eigenvalue weighted by Gasteiger charge is -2.46. The van der Waals surface area contributed by atoms with Crippen molar-refractivity contribution in [2.45, 2.75) is 52.0 Å². The van der Waals surface area contributed by atoms with Gasteiger partial charge in [0.1, 0.15) is 0 Å². The van der Waals surface area contributed by atoms with Gasteiger partial charge in [0, 0.05) is 12.1 Å². The van der Waals surface area contributed by atoms with Gasteiger partial charge in [-0.15, -0.1) is 0 Å². The van der Waals surface area contributed by atoms with Crippen LogP contribution in [0.2, 0.25) is 0 Å². The molecule has 1 saturated heterocycles. The monoisotopic (exact) mass is 256 g/mol. The Kier molecular flexibility index (Phi) is 6.09. The summed E-state index contributed by atoms with van der Waals surface area (Å²) in [7, 11) is 0. The minimum Gasteiger partial charge on any atom is -0.466 e. The zero-order valence-electron chi connectivity index (χ0n) is 12.1. The van der Waals surface area contributed by atoms with Gasteiger partial charge >= 0.3 is 5.97 Å². The summed E-state index contributed by atoms with van der Waals surface area (Å²) >= 11 is 0. The number of carbonyl (C=O) groups excluding carboxylic acids is 1. The van der Waals surface area contributed by atoms with Crippen LogP contribution >= 0.6 is 0 Å². The molecule has 2 atom stereocenters. The molecule has 1 fully saturated rings. The first-order valence-corrected chi connectivity index (χ1v) is 7.21. The lowest BCUT2D eigenvalue weighted by Crippen LogP contribution is -2.57. The third kappa shape index (κ3) is 3.23. The van der Waals surface area contributed by atoms with E-state index in [9.17, 15) is 4.79 Å². The quantitative estimate of drug-likeness (QED) is 0.736. The van der Waals surface area contributed by atoms with Gasteiger partial charge in [-0.05, 0) is 46.2 Å². The average Bonchev–Trinajstić information content (AvgIpc) is 2.40. The predicted octanol–water partition coefficient (Wildman–Crippen LogP) is 1.78. The van der Waals surface area contributed by atoms with E-state index in [0.29, 0.717) is 13.2 Å². The maximum atomic E-state index is 12.1. The Balaban J connectivity index is 2.84. The molecule has 2 N–H and O–H groups in total. The summed E-state index contributed by atoms with van der Waals surface area (Å²) in [6.45, 7) is 9.06. The van der Waals surface area contributed by atoms with Crippen molar-refractivity contribution in [2.75, 3.05) is 26.2 Å². The second-order valence-electron chi connectivity index (χ2n) is 5.30. The highest BCUT2D eigenvalue weighted by Gasteiger charge is 2.42. The van der Waals surface area contributed by atoms with Gasteiger partial charge in [-0.3, -0.25) is 9.69 Å². The van der Waals surface area contributed by atoms with Crippen LogP contribution in [0.3, 0.4) is 0 Å². The summed E-state index contributed by atoms with van der Waals surface area (Å²) in [5.74, 6) is -0.365. The molecule has 0 unspecified atom stereocenters. The van der Waals surface area contributed by atoms with Crippen molar-refractivity contribution in [1.82, 2.24) is 4.90 Å². The molecule has 0 saturated carbocycles. The van der Waals surface area contributed by atoms with Crippen LogP contribution in [0.25, 0.3) is 0 Å². The third-order valence-corrected chi connectivity index (χ3v) is 4.35. The highest BCUT2D eigenvalue weighted by Crippen LogP contribution is 2.31. The first-order chi connectivity index (χ1) is 8.60. The van der Waals surface area contributed by atoms with Gasteiger partial charge in [0.05, 0.1) is 12.5 Å². The van der Waals surface area contributed by atoms with E-state index < -0.39 is 0 Å². The summed E-state index contributed by atoms with van der Waals surface area (Å²) in [5, 5.41) is 0. The summed E-state index contributed by atoms with van der Waals surface area (Å²) in [6, 6.07) is 0. The minimum absolute atomic E-state index is 0.144. The fraction of sp³-hybridized carbons (Fsp3) is 0.929. The predicted molar refractivity (Wildman–Crippen MR) is 73.3 cm³/mol. The summed E-state index contributed by atoms with van der Waals surface area (Å²) < 4.78 is 5.19. The van der Waals surface area contributed by atoms with Gasteiger partial charge in [-0.2, -0.15) is 0 Å². The molecule has 0 aromatic rings. The summed E-state index contributed by atoms with van der Waals surface area (Å²) in [5.41, 5.74) is 5.68. The van der Waals surface area contributed by atoms with Crippen LogP contribution in [0.5, 0.6) is 0 Å². The third-order valence-electron chi connectivity index (χ3n) is 4.35. The van der Waals surface area contributed by atoms with Crippen LogP contribution < -0.4 is 5.73 Å². The number of likely N-dealkylation sites (tertiary alicyclic amines) is 1. The van der Waals surface area contributed by atoms with E-state index in [1.54, 1.807) is 0 Å². The van der Waals surface area contributed by atoms with Crippen molar-refractivity contribution >= 4 is 5.97 Å². The van der Waals surface area contributed by atoms with E-state index in [-0.39, 0.29) is 17.4 Å². The van der Waals surface area contributed by atoms with Gasteiger partial charge in [0.15, 0.2) is 0 Å². The molecule has 106 valence electrons. The van der Waals surface area contributed by atoms with Crippen molar-refractivity contribution in [1.29, 1.82) is 0 Å². The zero-order chi connectivity index (χ0) is 13.6. The number of piperidine rings is 1. The molecule has 18 heavy (non-hydrogen) atoms. The topological polar surface area (TPSA) is 55.6 Å². The lowest BCUT2D eigenvalue weighted by molar-refractivity contribution is -0.154. The van der Waals surface area contributed by atoms with Gasteiger partial charge in [-0.1, -0.05) is 13.3 Å². The fourth-order valence-corrected chi connectivity index (χ4v) is 2.94. The molecule has 0 spiro atoms. The van der Waals surface area contributed by atoms with Crippen molar-refractivity contribution in [2.24, 2.45) is 11.7 Å². The molecule has 4 nitrogen and oxygen atoms in total. The number of nitrogens with zero attached hydrogens (tertiary/aromatic N) is 1. The maximum absolute atomic E-state index is 12.1. The van der Waals surface area contributed by atoms with Gasteiger partial charge in [0.25, 0.3) is 0 Å². The smallest absolute Gasteiger partial charge is 0.312 e. The number of ether oxygens (including phenoxy) is 1. The highest BCUT2D eigenvalue weighted by atomic mass is 16.5. The van der Waals surface area contributed by atoms with Gasteiger partial charge < -0.3 is 10.5 Å². The van der Waals surface area contributed by atoms with Crippen LogP contribution in [0.4, 0.5) is 0 Å². The van der Waals surface area contributed by atoms with E-state index >= 15 is 0 Å². The minimum atomic E-state index is -0.222. The summed E-state index contributed by atoms with van der Waals surface area (Å²) in [6.07, 6.45) is 4.65. The van der Waals surface area contributed by atoms with E-state index in [4.69, 9.17) is 10.5 Å². The zero-order valence-corrected chi connectivity index (χ0v) is 12.1. The van der Waals surface area contributed by atoms with E-state index in [0.717, 1.165) is 19.5 Å². The Labute approximate surface area is 111 Å². The SMILES string of the molecule is CCOC(=O)[C@H](CN)[C@@](C)(CC)N1CCCCC1. The number of hydrogen-bond acceptors (Lipinski definition) is 4. The molecule has 1 aliphatic rings.